The first-order valence-corrected chi connectivity index (χ1v) is 13.3. The third-order valence-electron chi connectivity index (χ3n) is 4.60. The second-order valence-corrected chi connectivity index (χ2v) is 9.96. The van der Waals surface area contributed by atoms with Gasteiger partial charge in [-0.05, 0) is 56.1 Å². The number of aliphatic carboxylic acids is 1. The molecule has 0 heterocycles. The standard InChI is InChI=1S/C20H38N4O6S2/c1-11(2)10-15(18(27)22-14(20(29)30)7-9-32-5)23-19(28)16(12(3)25)24-17(26)13(21)6-8-31-4/h11-16,25H,6-10,21H2,1-5H3,(H,22,27)(H,23,28)(H,24,26)(H,29,30). The number of carbonyl (C=O) groups excluding carboxylic acids is 3. The number of aliphatic hydroxyl groups is 1. The van der Waals surface area contributed by atoms with Gasteiger partial charge in [-0.15, -0.1) is 0 Å². The summed E-state index contributed by atoms with van der Waals surface area (Å²) in [5.74, 6) is -1.89. The molecule has 7 N–H and O–H groups in total. The summed E-state index contributed by atoms with van der Waals surface area (Å²) in [4.78, 5) is 49.3. The number of hydrogen-bond donors (Lipinski definition) is 6. The predicted molar refractivity (Wildman–Crippen MR) is 129 cm³/mol. The van der Waals surface area contributed by atoms with E-state index in [1.54, 1.807) is 0 Å². The van der Waals surface area contributed by atoms with Gasteiger partial charge in [0.1, 0.15) is 18.1 Å². The maximum atomic E-state index is 12.8. The monoisotopic (exact) mass is 494 g/mol. The fourth-order valence-corrected chi connectivity index (χ4v) is 3.73. The number of nitrogens with two attached hydrogens (primary N) is 1. The lowest BCUT2D eigenvalue weighted by Gasteiger charge is -2.27. The van der Waals surface area contributed by atoms with E-state index in [0.717, 1.165) is 0 Å². The number of carbonyl (C=O) groups is 4. The lowest BCUT2D eigenvalue weighted by Crippen LogP contribution is -2.60. The van der Waals surface area contributed by atoms with Crippen LogP contribution in [-0.4, -0.2) is 88.2 Å². The first-order valence-electron chi connectivity index (χ1n) is 10.5. The molecular weight excluding hydrogens is 456 g/mol. The number of hydrogen-bond acceptors (Lipinski definition) is 8. The molecule has 0 rings (SSSR count). The third kappa shape index (κ3) is 11.9. The molecule has 32 heavy (non-hydrogen) atoms. The van der Waals surface area contributed by atoms with Crippen LogP contribution in [0.15, 0.2) is 0 Å². The number of nitrogens with one attached hydrogen (secondary N) is 3. The molecule has 0 bridgehead atoms. The van der Waals surface area contributed by atoms with Crippen LogP contribution in [0.4, 0.5) is 0 Å². The quantitative estimate of drug-likeness (QED) is 0.170. The van der Waals surface area contributed by atoms with Crippen LogP contribution in [0, 0.1) is 5.92 Å². The van der Waals surface area contributed by atoms with Gasteiger partial charge in [0.05, 0.1) is 12.1 Å². The van der Waals surface area contributed by atoms with Gasteiger partial charge in [-0.25, -0.2) is 4.79 Å². The van der Waals surface area contributed by atoms with E-state index < -0.39 is 54.0 Å². The number of carboxylic acid groups (broad SMARTS) is 1. The van der Waals surface area contributed by atoms with E-state index in [1.165, 1.54) is 30.4 Å². The van der Waals surface area contributed by atoms with Crippen LogP contribution in [0.2, 0.25) is 0 Å². The van der Waals surface area contributed by atoms with Crippen LogP contribution < -0.4 is 21.7 Å². The van der Waals surface area contributed by atoms with Gasteiger partial charge in [0.25, 0.3) is 0 Å². The molecule has 3 amide bonds. The molecule has 0 aromatic heterocycles. The Bertz CT molecular complexity index is 621. The second-order valence-electron chi connectivity index (χ2n) is 7.99. The summed E-state index contributed by atoms with van der Waals surface area (Å²) in [5.41, 5.74) is 5.83. The van der Waals surface area contributed by atoms with Crippen LogP contribution in [-0.2, 0) is 19.2 Å². The van der Waals surface area contributed by atoms with Gasteiger partial charge >= 0.3 is 5.97 Å². The summed E-state index contributed by atoms with van der Waals surface area (Å²) in [6.07, 6.45) is 3.38. The maximum absolute atomic E-state index is 12.8. The fourth-order valence-electron chi connectivity index (χ4n) is 2.77. The smallest absolute Gasteiger partial charge is 0.326 e. The zero-order valence-corrected chi connectivity index (χ0v) is 21.1. The summed E-state index contributed by atoms with van der Waals surface area (Å²) in [5, 5.41) is 26.9. The van der Waals surface area contributed by atoms with Crippen molar-refractivity contribution in [3.8, 4) is 0 Å². The van der Waals surface area contributed by atoms with Crippen molar-refractivity contribution in [3.63, 3.8) is 0 Å². The molecule has 0 aromatic carbocycles. The lowest BCUT2D eigenvalue weighted by atomic mass is 10.0. The molecular formula is C20H38N4O6S2. The molecule has 0 saturated heterocycles. The maximum Gasteiger partial charge on any atom is 0.326 e. The average Bonchev–Trinajstić information content (AvgIpc) is 2.71. The Labute approximate surface area is 198 Å². The molecule has 0 aliphatic heterocycles. The summed E-state index contributed by atoms with van der Waals surface area (Å²) in [7, 11) is 0. The highest BCUT2D eigenvalue weighted by Gasteiger charge is 2.32. The van der Waals surface area contributed by atoms with Crippen molar-refractivity contribution < 1.29 is 29.4 Å². The highest BCUT2D eigenvalue weighted by atomic mass is 32.2. The highest BCUT2D eigenvalue weighted by molar-refractivity contribution is 7.98. The van der Waals surface area contributed by atoms with Crippen molar-refractivity contribution in [1.29, 1.82) is 0 Å². The molecule has 0 fully saturated rings. The molecule has 0 saturated carbocycles. The van der Waals surface area contributed by atoms with Gasteiger partial charge in [0, 0.05) is 0 Å². The number of amides is 3. The van der Waals surface area contributed by atoms with Crippen LogP contribution in [0.25, 0.3) is 0 Å². The normalized spacial score (nSPS) is 15.9. The summed E-state index contributed by atoms with van der Waals surface area (Å²) >= 11 is 2.99. The Morgan fingerprint density at radius 3 is 1.84 bits per heavy atom. The fraction of sp³-hybridized carbons (Fsp3) is 0.800. The van der Waals surface area contributed by atoms with Gasteiger partial charge < -0.3 is 31.9 Å². The molecule has 0 radical (unpaired) electrons. The minimum Gasteiger partial charge on any atom is -0.480 e. The van der Waals surface area contributed by atoms with Crippen LogP contribution in [0.1, 0.15) is 40.0 Å². The molecule has 5 atom stereocenters. The Morgan fingerprint density at radius 2 is 1.38 bits per heavy atom. The minimum absolute atomic E-state index is 0.0140. The molecule has 12 heteroatoms. The van der Waals surface area contributed by atoms with Gasteiger partial charge in [-0.3, -0.25) is 14.4 Å². The van der Waals surface area contributed by atoms with E-state index in [-0.39, 0.29) is 18.8 Å². The van der Waals surface area contributed by atoms with Crippen molar-refractivity contribution >= 4 is 47.2 Å². The third-order valence-corrected chi connectivity index (χ3v) is 5.89. The molecule has 0 spiro atoms. The molecule has 10 nitrogen and oxygen atoms in total. The lowest BCUT2D eigenvalue weighted by molar-refractivity contribution is -0.142. The van der Waals surface area contributed by atoms with Gasteiger partial charge in [-0.2, -0.15) is 23.5 Å². The molecule has 0 aliphatic carbocycles. The first-order chi connectivity index (χ1) is 14.9. The van der Waals surface area contributed by atoms with E-state index >= 15 is 0 Å². The van der Waals surface area contributed by atoms with E-state index in [0.29, 0.717) is 17.9 Å². The van der Waals surface area contributed by atoms with Crippen molar-refractivity contribution in [2.75, 3.05) is 24.0 Å². The topological polar surface area (TPSA) is 171 Å². The molecule has 0 aromatic rings. The first kappa shape index (κ1) is 30.5. The summed E-state index contributed by atoms with van der Waals surface area (Å²) in [6.45, 7) is 5.05. The predicted octanol–water partition coefficient (Wildman–Crippen LogP) is -0.214. The van der Waals surface area contributed by atoms with Crippen molar-refractivity contribution in [2.45, 2.75) is 70.3 Å². The number of aliphatic hydroxyl groups excluding tert-OH is 1. The van der Waals surface area contributed by atoms with Crippen LogP contribution in [0.5, 0.6) is 0 Å². The van der Waals surface area contributed by atoms with Gasteiger partial charge in [0.15, 0.2) is 0 Å². The van der Waals surface area contributed by atoms with Gasteiger partial charge in [0.2, 0.25) is 17.7 Å². The van der Waals surface area contributed by atoms with Crippen LogP contribution in [0.3, 0.4) is 0 Å². The van der Waals surface area contributed by atoms with E-state index in [9.17, 15) is 29.4 Å². The SMILES string of the molecule is CSCCC(N)C(=O)NC(C(=O)NC(CC(C)C)C(=O)NC(CCSC)C(=O)O)C(C)O. The molecule has 186 valence electrons. The molecule has 0 aliphatic rings. The van der Waals surface area contributed by atoms with Crippen LogP contribution >= 0.6 is 23.5 Å². The average molecular weight is 495 g/mol. The number of carboxylic acids is 1. The zero-order chi connectivity index (χ0) is 24.8. The van der Waals surface area contributed by atoms with Crippen molar-refractivity contribution in [1.82, 2.24) is 16.0 Å². The van der Waals surface area contributed by atoms with E-state index in [2.05, 4.69) is 16.0 Å². The molecule has 5 unspecified atom stereocenters. The van der Waals surface area contributed by atoms with E-state index in [1.807, 2.05) is 26.4 Å². The van der Waals surface area contributed by atoms with E-state index in [4.69, 9.17) is 5.73 Å². The second kappa shape index (κ2) is 16.2. The van der Waals surface area contributed by atoms with Crippen molar-refractivity contribution in [3.05, 3.63) is 0 Å². The summed E-state index contributed by atoms with van der Waals surface area (Å²) in [6, 6.07) is -4.25. The number of rotatable bonds is 16. The Balaban J connectivity index is 5.34. The number of thioether (sulfide) groups is 2. The Morgan fingerprint density at radius 1 is 0.844 bits per heavy atom. The Kier molecular flexibility index (Phi) is 15.4. The highest BCUT2D eigenvalue weighted by Crippen LogP contribution is 2.09. The largest absolute Gasteiger partial charge is 0.480 e. The minimum atomic E-state index is -1.31. The zero-order valence-electron chi connectivity index (χ0n) is 19.4. The summed E-state index contributed by atoms with van der Waals surface area (Å²) < 4.78 is 0. The Hall–Kier alpha value is -1.50. The van der Waals surface area contributed by atoms with Gasteiger partial charge in [-0.1, -0.05) is 13.8 Å². The van der Waals surface area contributed by atoms with Crippen molar-refractivity contribution in [2.24, 2.45) is 11.7 Å².